The molecule has 6 nitrogen and oxygen atoms in total. The Balaban J connectivity index is 1.62. The fourth-order valence-corrected chi connectivity index (χ4v) is 4.43. The number of H-pyrrole nitrogens is 1. The van der Waals surface area contributed by atoms with Gasteiger partial charge < -0.3 is 20.1 Å². The molecular formula is C29H27Cl2N3O3. The highest BCUT2D eigenvalue weighted by atomic mass is 35.5. The first-order chi connectivity index (χ1) is 17.9. The number of ether oxygens (including phenoxy) is 1. The maximum Gasteiger partial charge on any atom is 0.256 e. The number of nitrogens with one attached hydrogen (secondary N) is 3. The largest absolute Gasteiger partial charge is 0.490 e. The van der Waals surface area contributed by atoms with Crippen molar-refractivity contribution in [3.63, 3.8) is 0 Å². The summed E-state index contributed by atoms with van der Waals surface area (Å²) in [6, 6.07) is 18.3. The first-order valence-corrected chi connectivity index (χ1v) is 12.6. The zero-order valence-corrected chi connectivity index (χ0v) is 22.0. The Morgan fingerprint density at radius 3 is 2.54 bits per heavy atom. The third-order valence-corrected chi connectivity index (χ3v) is 6.25. The number of hydrogen-bond donors (Lipinski definition) is 4. The van der Waals surface area contributed by atoms with E-state index in [1.54, 1.807) is 36.4 Å². The molecule has 3 aromatic carbocycles. The average molecular weight is 536 g/mol. The van der Waals surface area contributed by atoms with Crippen LogP contribution in [-0.4, -0.2) is 35.0 Å². The van der Waals surface area contributed by atoms with Gasteiger partial charge in [0.15, 0.2) is 0 Å². The summed E-state index contributed by atoms with van der Waals surface area (Å²) in [5.41, 5.74) is 3.46. The number of hydrogen-bond acceptors (Lipinski definition) is 4. The van der Waals surface area contributed by atoms with Crippen LogP contribution in [0, 0.1) is 11.8 Å². The van der Waals surface area contributed by atoms with E-state index in [4.69, 9.17) is 27.9 Å². The van der Waals surface area contributed by atoms with Gasteiger partial charge in [0, 0.05) is 29.1 Å². The zero-order chi connectivity index (χ0) is 26.4. The van der Waals surface area contributed by atoms with Crippen LogP contribution in [0.5, 0.6) is 5.75 Å². The number of amides is 1. The number of fused-ring (bicyclic) bond motifs is 1. The molecule has 0 bridgehead atoms. The van der Waals surface area contributed by atoms with Crippen molar-refractivity contribution in [1.29, 1.82) is 0 Å². The molecule has 1 unspecified atom stereocenters. The van der Waals surface area contributed by atoms with Gasteiger partial charge in [-0.15, -0.1) is 0 Å². The molecule has 0 radical (unpaired) electrons. The van der Waals surface area contributed by atoms with Gasteiger partial charge >= 0.3 is 0 Å². The van der Waals surface area contributed by atoms with Crippen molar-refractivity contribution in [1.82, 2.24) is 15.6 Å². The lowest BCUT2D eigenvalue weighted by atomic mass is 10.1. The molecule has 1 amide bonds. The van der Waals surface area contributed by atoms with Crippen molar-refractivity contribution >= 4 is 40.0 Å². The number of aromatic nitrogens is 1. The van der Waals surface area contributed by atoms with Crippen LogP contribution in [0.1, 0.15) is 40.9 Å². The number of benzene rings is 3. The highest BCUT2D eigenvalue weighted by Gasteiger charge is 2.20. The lowest BCUT2D eigenvalue weighted by Crippen LogP contribution is -2.47. The predicted octanol–water partition coefficient (Wildman–Crippen LogP) is 5.50. The Bertz CT molecular complexity index is 1450. The predicted molar refractivity (Wildman–Crippen MR) is 148 cm³/mol. The summed E-state index contributed by atoms with van der Waals surface area (Å²) in [6.45, 7) is 3.48. The molecule has 1 heterocycles. The first-order valence-electron chi connectivity index (χ1n) is 11.8. The fourth-order valence-electron chi connectivity index (χ4n) is 3.93. The van der Waals surface area contributed by atoms with Crippen LogP contribution in [0.3, 0.4) is 0 Å². The third kappa shape index (κ3) is 6.65. The maximum absolute atomic E-state index is 13.4. The van der Waals surface area contributed by atoms with Gasteiger partial charge in [-0.3, -0.25) is 10.1 Å². The number of rotatable bonds is 8. The molecule has 0 saturated carbocycles. The normalized spacial score (nSPS) is 11.7. The summed E-state index contributed by atoms with van der Waals surface area (Å²) in [5.74, 6) is 6.11. The van der Waals surface area contributed by atoms with E-state index in [1.807, 2.05) is 44.3 Å². The Kier molecular flexibility index (Phi) is 8.75. The average Bonchev–Trinajstić information content (AvgIpc) is 3.27. The van der Waals surface area contributed by atoms with Crippen molar-refractivity contribution in [2.75, 3.05) is 6.73 Å². The van der Waals surface area contributed by atoms with Gasteiger partial charge in [0.1, 0.15) is 5.75 Å². The second-order valence-corrected chi connectivity index (χ2v) is 9.49. The summed E-state index contributed by atoms with van der Waals surface area (Å²) in [4.78, 5) is 16.7. The summed E-state index contributed by atoms with van der Waals surface area (Å²) in [5, 5.41) is 17.4. The molecule has 1 atom stereocenters. The van der Waals surface area contributed by atoms with Gasteiger partial charge in [-0.2, -0.15) is 0 Å². The molecule has 0 aliphatic rings. The highest BCUT2D eigenvalue weighted by Crippen LogP contribution is 2.25. The van der Waals surface area contributed by atoms with Crippen LogP contribution in [-0.2, 0) is 6.42 Å². The molecule has 4 N–H and O–H groups in total. The second-order valence-electron chi connectivity index (χ2n) is 8.68. The molecule has 1 aromatic heterocycles. The van der Waals surface area contributed by atoms with Crippen LogP contribution in [0.25, 0.3) is 10.9 Å². The lowest BCUT2D eigenvalue weighted by Gasteiger charge is -2.21. The van der Waals surface area contributed by atoms with Gasteiger partial charge in [-0.05, 0) is 55.8 Å². The van der Waals surface area contributed by atoms with E-state index in [0.717, 1.165) is 16.5 Å². The van der Waals surface area contributed by atoms with Gasteiger partial charge in [-0.25, -0.2) is 0 Å². The molecule has 37 heavy (non-hydrogen) atoms. The van der Waals surface area contributed by atoms with Gasteiger partial charge in [-0.1, -0.05) is 59.3 Å². The van der Waals surface area contributed by atoms with Crippen molar-refractivity contribution in [3.8, 4) is 17.6 Å². The number of aliphatic hydroxyl groups excluding tert-OH is 1. The minimum atomic E-state index is -0.528. The molecule has 0 aliphatic carbocycles. The SMILES string of the molecule is CC(C)Oc1ccc(C#Cc2c(Cl)cccc2Cl)cc1C(=O)NC(Cc1c[nH]c2ccccc12)NCO. The minimum absolute atomic E-state index is 0.136. The topological polar surface area (TPSA) is 86.4 Å². The number of carbonyl (C=O) groups is 1. The molecule has 4 rings (SSSR count). The Hall–Kier alpha value is -3.47. The van der Waals surface area contributed by atoms with E-state index in [0.29, 0.717) is 38.9 Å². The highest BCUT2D eigenvalue weighted by molar-refractivity contribution is 6.36. The number of carbonyl (C=O) groups excluding carboxylic acids is 1. The molecular weight excluding hydrogens is 509 g/mol. The summed E-state index contributed by atoms with van der Waals surface area (Å²) >= 11 is 12.5. The summed E-state index contributed by atoms with van der Waals surface area (Å²) in [7, 11) is 0. The van der Waals surface area contributed by atoms with E-state index >= 15 is 0 Å². The van der Waals surface area contributed by atoms with Gasteiger partial charge in [0.25, 0.3) is 5.91 Å². The quantitative estimate of drug-likeness (QED) is 0.177. The van der Waals surface area contributed by atoms with E-state index in [1.165, 1.54) is 0 Å². The number of halogens is 2. The Labute approximate surface area is 225 Å². The summed E-state index contributed by atoms with van der Waals surface area (Å²) < 4.78 is 5.90. The van der Waals surface area contributed by atoms with E-state index < -0.39 is 6.17 Å². The third-order valence-electron chi connectivity index (χ3n) is 5.62. The molecule has 0 fully saturated rings. The van der Waals surface area contributed by atoms with Gasteiger partial charge in [0.05, 0.1) is 40.2 Å². The number of aliphatic hydroxyl groups is 1. The first kappa shape index (κ1) is 26.6. The Morgan fingerprint density at radius 2 is 1.81 bits per heavy atom. The molecule has 0 aliphatic heterocycles. The Morgan fingerprint density at radius 1 is 1.05 bits per heavy atom. The summed E-state index contributed by atoms with van der Waals surface area (Å²) in [6.07, 6.45) is 1.70. The van der Waals surface area contributed by atoms with Crippen molar-refractivity contribution in [2.45, 2.75) is 32.5 Å². The standard InChI is InChI=1S/C29H27Cl2N3O3/c1-18(2)37-27-13-11-19(10-12-22-24(30)7-5-8-25(22)31)14-23(27)29(36)34-28(33-17-35)15-20-16-32-26-9-4-3-6-21(20)26/h3-9,11,13-14,16,18,28,32-33,35H,15,17H2,1-2H3,(H,34,36). The molecule has 0 saturated heterocycles. The fraction of sp³-hybridized carbons (Fsp3) is 0.207. The molecule has 4 aromatic rings. The monoisotopic (exact) mass is 535 g/mol. The number of para-hydroxylation sites is 1. The van der Waals surface area contributed by atoms with Crippen LogP contribution < -0.4 is 15.4 Å². The molecule has 0 spiro atoms. The lowest BCUT2D eigenvalue weighted by molar-refractivity contribution is 0.0913. The second kappa shape index (κ2) is 12.2. The van der Waals surface area contributed by atoms with E-state index in [-0.39, 0.29) is 18.7 Å². The maximum atomic E-state index is 13.4. The van der Waals surface area contributed by atoms with Crippen LogP contribution in [0.15, 0.2) is 66.9 Å². The van der Waals surface area contributed by atoms with Crippen molar-refractivity contribution < 1.29 is 14.6 Å². The van der Waals surface area contributed by atoms with Crippen LogP contribution in [0.2, 0.25) is 10.0 Å². The van der Waals surface area contributed by atoms with Crippen molar-refractivity contribution in [2.24, 2.45) is 0 Å². The van der Waals surface area contributed by atoms with Gasteiger partial charge in [0.2, 0.25) is 0 Å². The van der Waals surface area contributed by atoms with Crippen LogP contribution in [0.4, 0.5) is 0 Å². The number of aromatic amines is 1. The van der Waals surface area contributed by atoms with Crippen molar-refractivity contribution in [3.05, 3.63) is 99.2 Å². The minimum Gasteiger partial charge on any atom is -0.490 e. The van der Waals surface area contributed by atoms with E-state index in [9.17, 15) is 9.90 Å². The van der Waals surface area contributed by atoms with Crippen LogP contribution >= 0.6 is 23.2 Å². The zero-order valence-electron chi connectivity index (χ0n) is 20.4. The molecule has 190 valence electrons. The van der Waals surface area contributed by atoms with E-state index in [2.05, 4.69) is 27.5 Å². The molecule has 8 heteroatoms. The smallest absolute Gasteiger partial charge is 0.256 e.